The van der Waals surface area contributed by atoms with Crippen LogP contribution in [0.15, 0.2) is 12.3 Å². The van der Waals surface area contributed by atoms with Crippen LogP contribution in [0.1, 0.15) is 37.3 Å². The first-order chi connectivity index (χ1) is 7.88. The Morgan fingerprint density at radius 1 is 1.50 bits per heavy atom. The first-order valence-electron chi connectivity index (χ1n) is 5.82. The van der Waals surface area contributed by atoms with E-state index in [0.717, 1.165) is 30.9 Å². The Balaban J connectivity index is 2.06. The van der Waals surface area contributed by atoms with Gasteiger partial charge in [0.2, 0.25) is 0 Å². The van der Waals surface area contributed by atoms with Crippen molar-refractivity contribution in [3.63, 3.8) is 0 Å². The molecule has 0 aromatic carbocycles. The van der Waals surface area contributed by atoms with Gasteiger partial charge < -0.3 is 5.32 Å². The first-order valence-corrected chi connectivity index (χ1v) is 5.82. The van der Waals surface area contributed by atoms with E-state index in [1.54, 1.807) is 0 Å². The third-order valence-corrected chi connectivity index (χ3v) is 3.10. The Kier molecular flexibility index (Phi) is 2.32. The molecule has 0 amide bonds. The summed E-state index contributed by atoms with van der Waals surface area (Å²) in [6, 6.07) is 2.37. The number of hydrogen-bond acceptors (Lipinski definition) is 4. The molecule has 5 heteroatoms. The van der Waals surface area contributed by atoms with Crippen LogP contribution in [-0.2, 0) is 6.42 Å². The molecule has 0 spiro atoms. The average molecular weight is 217 g/mol. The summed E-state index contributed by atoms with van der Waals surface area (Å²) in [5.41, 5.74) is 1.06. The molecule has 0 aliphatic carbocycles. The van der Waals surface area contributed by atoms with Gasteiger partial charge in [0.05, 0.1) is 6.04 Å². The minimum Gasteiger partial charge on any atom is -0.307 e. The Morgan fingerprint density at radius 2 is 2.44 bits per heavy atom. The van der Waals surface area contributed by atoms with Crippen LogP contribution in [-0.4, -0.2) is 26.1 Å². The van der Waals surface area contributed by atoms with E-state index in [0.29, 0.717) is 11.8 Å². The minimum absolute atomic E-state index is 0.337. The highest BCUT2D eigenvalue weighted by Crippen LogP contribution is 2.21. The predicted octanol–water partition coefficient (Wildman–Crippen LogP) is 1.11. The molecule has 84 valence electrons. The fourth-order valence-corrected chi connectivity index (χ4v) is 2.18. The van der Waals surface area contributed by atoms with Crippen molar-refractivity contribution in [3.8, 4) is 0 Å². The molecule has 16 heavy (non-hydrogen) atoms. The molecule has 2 aromatic rings. The van der Waals surface area contributed by atoms with Gasteiger partial charge in [0.15, 0.2) is 5.82 Å². The molecule has 1 N–H and O–H groups in total. The molecular weight excluding hydrogens is 202 g/mol. The highest BCUT2D eigenvalue weighted by molar-refractivity contribution is 5.30. The molecule has 0 unspecified atom stereocenters. The average Bonchev–Trinajstić information content (AvgIpc) is 2.96. The third-order valence-electron chi connectivity index (χ3n) is 3.10. The van der Waals surface area contributed by atoms with Gasteiger partial charge in [0.25, 0.3) is 5.78 Å². The van der Waals surface area contributed by atoms with Crippen molar-refractivity contribution in [1.29, 1.82) is 0 Å². The Morgan fingerprint density at radius 3 is 3.19 bits per heavy atom. The molecule has 5 nitrogen and oxygen atoms in total. The van der Waals surface area contributed by atoms with Crippen molar-refractivity contribution < 1.29 is 0 Å². The van der Waals surface area contributed by atoms with Crippen LogP contribution < -0.4 is 5.32 Å². The second-order valence-corrected chi connectivity index (χ2v) is 4.15. The molecule has 1 aliphatic rings. The van der Waals surface area contributed by atoms with E-state index in [2.05, 4.69) is 27.4 Å². The second-order valence-electron chi connectivity index (χ2n) is 4.15. The number of hydrogen-bond donors (Lipinski definition) is 1. The van der Waals surface area contributed by atoms with Crippen LogP contribution in [0.2, 0.25) is 0 Å². The summed E-state index contributed by atoms with van der Waals surface area (Å²) in [4.78, 5) is 4.45. The fraction of sp³-hybridized carbons (Fsp3) is 0.545. The lowest BCUT2D eigenvalue weighted by atomic mass is 10.2. The summed E-state index contributed by atoms with van der Waals surface area (Å²) in [7, 11) is 0. The SMILES string of the molecule is CCc1ccn2c([C@H]3CCCN3)nnc2n1. The maximum absolute atomic E-state index is 4.45. The zero-order valence-corrected chi connectivity index (χ0v) is 9.35. The van der Waals surface area contributed by atoms with E-state index in [1.165, 1.54) is 6.42 Å². The molecule has 0 radical (unpaired) electrons. The van der Waals surface area contributed by atoms with Crippen molar-refractivity contribution in [3.05, 3.63) is 23.8 Å². The third kappa shape index (κ3) is 1.48. The van der Waals surface area contributed by atoms with Gasteiger partial charge in [0.1, 0.15) is 0 Å². The molecule has 1 fully saturated rings. The molecule has 0 saturated carbocycles. The standard InChI is InChI=1S/C11H15N5/c1-2-8-5-7-16-10(9-4-3-6-12-9)14-15-11(16)13-8/h5,7,9,12H,2-4,6H2,1H3/t9-/m1/s1. The van der Waals surface area contributed by atoms with Gasteiger partial charge in [-0.15, -0.1) is 10.2 Å². The number of nitrogens with one attached hydrogen (secondary N) is 1. The Hall–Kier alpha value is -1.49. The Bertz CT molecular complexity index is 498. The maximum atomic E-state index is 4.45. The number of aryl methyl sites for hydroxylation is 1. The van der Waals surface area contributed by atoms with Crippen LogP contribution in [0, 0.1) is 0 Å². The lowest BCUT2D eigenvalue weighted by Crippen LogP contribution is -2.15. The molecular formula is C11H15N5. The van der Waals surface area contributed by atoms with Gasteiger partial charge in [-0.2, -0.15) is 0 Å². The Labute approximate surface area is 93.9 Å². The largest absolute Gasteiger partial charge is 0.307 e. The molecule has 0 bridgehead atoms. The van der Waals surface area contributed by atoms with Crippen LogP contribution in [0.3, 0.4) is 0 Å². The van der Waals surface area contributed by atoms with Crippen molar-refractivity contribution in [2.24, 2.45) is 0 Å². The van der Waals surface area contributed by atoms with E-state index < -0.39 is 0 Å². The molecule has 1 aliphatic heterocycles. The number of aromatic nitrogens is 4. The molecule has 3 heterocycles. The van der Waals surface area contributed by atoms with Crippen LogP contribution in [0.25, 0.3) is 5.78 Å². The van der Waals surface area contributed by atoms with Gasteiger partial charge >= 0.3 is 0 Å². The van der Waals surface area contributed by atoms with E-state index in [1.807, 2.05) is 16.7 Å². The molecule has 2 aromatic heterocycles. The van der Waals surface area contributed by atoms with Gasteiger partial charge in [-0.25, -0.2) is 4.98 Å². The number of fused-ring (bicyclic) bond motifs is 1. The quantitative estimate of drug-likeness (QED) is 0.818. The lowest BCUT2D eigenvalue weighted by Gasteiger charge is -2.07. The molecule has 3 rings (SSSR count). The normalized spacial score (nSPS) is 20.7. The van der Waals surface area contributed by atoms with E-state index in [-0.39, 0.29) is 0 Å². The summed E-state index contributed by atoms with van der Waals surface area (Å²) < 4.78 is 1.99. The smallest absolute Gasteiger partial charge is 0.255 e. The predicted molar refractivity (Wildman–Crippen MR) is 60.1 cm³/mol. The van der Waals surface area contributed by atoms with Gasteiger partial charge in [-0.05, 0) is 31.9 Å². The van der Waals surface area contributed by atoms with E-state index >= 15 is 0 Å². The van der Waals surface area contributed by atoms with Crippen molar-refractivity contribution >= 4 is 5.78 Å². The summed E-state index contributed by atoms with van der Waals surface area (Å²) >= 11 is 0. The molecule has 1 atom stereocenters. The second kappa shape index (κ2) is 3.83. The fourth-order valence-electron chi connectivity index (χ4n) is 2.18. The van der Waals surface area contributed by atoms with Crippen LogP contribution in [0.4, 0.5) is 0 Å². The van der Waals surface area contributed by atoms with Crippen molar-refractivity contribution in [2.75, 3.05) is 6.54 Å². The summed E-state index contributed by atoms with van der Waals surface area (Å²) in [6.07, 6.45) is 5.30. The van der Waals surface area contributed by atoms with Gasteiger partial charge in [0, 0.05) is 11.9 Å². The first kappa shape index (κ1) is 9.72. The minimum atomic E-state index is 0.337. The zero-order chi connectivity index (χ0) is 11.0. The van der Waals surface area contributed by atoms with Gasteiger partial charge in [-0.3, -0.25) is 4.40 Å². The van der Waals surface area contributed by atoms with Crippen LogP contribution >= 0.6 is 0 Å². The summed E-state index contributed by atoms with van der Waals surface area (Å²) in [6.45, 7) is 3.16. The number of nitrogens with zero attached hydrogens (tertiary/aromatic N) is 4. The zero-order valence-electron chi connectivity index (χ0n) is 9.35. The maximum Gasteiger partial charge on any atom is 0.255 e. The lowest BCUT2D eigenvalue weighted by molar-refractivity contribution is 0.597. The van der Waals surface area contributed by atoms with Gasteiger partial charge in [-0.1, -0.05) is 6.92 Å². The molecule has 1 saturated heterocycles. The topological polar surface area (TPSA) is 55.1 Å². The van der Waals surface area contributed by atoms with E-state index in [4.69, 9.17) is 0 Å². The highest BCUT2D eigenvalue weighted by atomic mass is 15.3. The van der Waals surface area contributed by atoms with Crippen LogP contribution in [0.5, 0.6) is 0 Å². The van der Waals surface area contributed by atoms with Crippen molar-refractivity contribution in [2.45, 2.75) is 32.2 Å². The van der Waals surface area contributed by atoms with E-state index in [9.17, 15) is 0 Å². The highest BCUT2D eigenvalue weighted by Gasteiger charge is 2.21. The summed E-state index contributed by atoms with van der Waals surface area (Å²) in [5, 5.41) is 11.8. The van der Waals surface area contributed by atoms with Crippen molar-refractivity contribution in [1.82, 2.24) is 24.9 Å². The number of rotatable bonds is 2. The summed E-state index contributed by atoms with van der Waals surface area (Å²) in [5.74, 6) is 1.70. The monoisotopic (exact) mass is 217 g/mol.